The largest absolute Gasteiger partial charge is 0.454 e. The predicted octanol–water partition coefficient (Wildman–Crippen LogP) is 4.52. The molecule has 0 aliphatic carbocycles. The van der Waals surface area contributed by atoms with E-state index in [4.69, 9.17) is 16.3 Å². The Bertz CT molecular complexity index is 910. The number of amides is 2. The number of halogens is 1. The van der Waals surface area contributed by atoms with Crippen molar-refractivity contribution >= 4 is 46.8 Å². The molecular formula is C22H25ClN2O4S. The molecule has 0 bridgehead atoms. The number of carbonyl (C=O) groups is 3. The van der Waals surface area contributed by atoms with Crippen LogP contribution in [0, 0.1) is 5.41 Å². The summed E-state index contributed by atoms with van der Waals surface area (Å²) in [4.78, 5) is 38.1. The quantitative estimate of drug-likeness (QED) is 0.608. The lowest BCUT2D eigenvalue weighted by atomic mass is 9.95. The zero-order valence-corrected chi connectivity index (χ0v) is 18.9. The van der Waals surface area contributed by atoms with Crippen LogP contribution in [0.15, 0.2) is 58.3 Å². The lowest BCUT2D eigenvalue weighted by Crippen LogP contribution is -2.45. The zero-order valence-electron chi connectivity index (χ0n) is 17.3. The Hall–Kier alpha value is -2.51. The monoisotopic (exact) mass is 448 g/mol. The van der Waals surface area contributed by atoms with Gasteiger partial charge in [-0.25, -0.2) is 4.79 Å². The van der Waals surface area contributed by atoms with Gasteiger partial charge in [0.1, 0.15) is 6.04 Å². The van der Waals surface area contributed by atoms with Gasteiger partial charge in [-0.3, -0.25) is 9.59 Å². The van der Waals surface area contributed by atoms with Crippen molar-refractivity contribution in [3.8, 4) is 0 Å². The van der Waals surface area contributed by atoms with Gasteiger partial charge in [-0.1, -0.05) is 56.3 Å². The average molecular weight is 449 g/mol. The van der Waals surface area contributed by atoms with Crippen LogP contribution in [0.3, 0.4) is 0 Å². The van der Waals surface area contributed by atoms with E-state index in [9.17, 15) is 14.4 Å². The maximum atomic E-state index is 12.3. The Morgan fingerprint density at radius 3 is 2.33 bits per heavy atom. The van der Waals surface area contributed by atoms with Crippen molar-refractivity contribution in [2.45, 2.75) is 43.5 Å². The molecule has 1 unspecified atom stereocenters. The van der Waals surface area contributed by atoms with Crippen LogP contribution >= 0.6 is 23.4 Å². The van der Waals surface area contributed by atoms with Crippen molar-refractivity contribution < 1.29 is 19.1 Å². The fraction of sp³-hybridized carbons (Fsp3) is 0.318. The summed E-state index contributed by atoms with van der Waals surface area (Å²) in [6, 6.07) is 13.8. The first kappa shape index (κ1) is 23.8. The lowest BCUT2D eigenvalue weighted by Gasteiger charge is -2.21. The Morgan fingerprint density at radius 1 is 1.07 bits per heavy atom. The number of ether oxygens (including phenoxy) is 1. The van der Waals surface area contributed by atoms with Crippen LogP contribution in [0.2, 0.25) is 5.02 Å². The number of rotatable bonds is 7. The van der Waals surface area contributed by atoms with Crippen molar-refractivity contribution in [3.05, 3.63) is 53.6 Å². The van der Waals surface area contributed by atoms with Gasteiger partial charge >= 0.3 is 5.97 Å². The number of nitrogens with one attached hydrogen (secondary N) is 2. The Morgan fingerprint density at radius 2 is 1.70 bits per heavy atom. The molecule has 2 aromatic carbocycles. The topological polar surface area (TPSA) is 84.5 Å². The van der Waals surface area contributed by atoms with Gasteiger partial charge in [0.05, 0.1) is 5.69 Å². The molecule has 0 aliphatic rings. The van der Waals surface area contributed by atoms with Crippen molar-refractivity contribution in [1.82, 2.24) is 5.32 Å². The highest BCUT2D eigenvalue weighted by molar-refractivity contribution is 7.99. The molecule has 1 atom stereocenters. The third-order valence-corrected chi connectivity index (χ3v) is 5.27. The number of hydrogen-bond donors (Lipinski definition) is 2. The zero-order chi connectivity index (χ0) is 22.3. The van der Waals surface area contributed by atoms with Gasteiger partial charge in [-0.2, -0.15) is 0 Å². The molecule has 0 spiro atoms. The molecule has 2 rings (SSSR count). The second-order valence-corrected chi connectivity index (χ2v) is 9.20. The Kier molecular flexibility index (Phi) is 8.32. The molecule has 8 heteroatoms. The smallest absolute Gasteiger partial charge is 0.328 e. The first-order valence-corrected chi connectivity index (χ1v) is 10.6. The van der Waals surface area contributed by atoms with Gasteiger partial charge in [-0.05, 0) is 43.3 Å². The summed E-state index contributed by atoms with van der Waals surface area (Å²) in [5, 5.41) is 5.98. The summed E-state index contributed by atoms with van der Waals surface area (Å²) >= 11 is 7.39. The number of benzene rings is 2. The fourth-order valence-electron chi connectivity index (χ4n) is 2.21. The van der Waals surface area contributed by atoms with Crippen LogP contribution in [0.25, 0.3) is 0 Å². The SMILES string of the molecule is CC(NC(=O)C(C)(C)C)C(=O)OCC(=O)Nc1ccccc1Sc1ccc(Cl)cc1. The van der Waals surface area contributed by atoms with Gasteiger partial charge in [0.25, 0.3) is 5.91 Å². The number of esters is 1. The normalized spacial score (nSPS) is 12.0. The van der Waals surface area contributed by atoms with E-state index >= 15 is 0 Å². The molecule has 30 heavy (non-hydrogen) atoms. The van der Waals surface area contributed by atoms with Gasteiger partial charge < -0.3 is 15.4 Å². The van der Waals surface area contributed by atoms with Crippen LogP contribution < -0.4 is 10.6 Å². The Balaban J connectivity index is 1.91. The third kappa shape index (κ3) is 7.39. The standard InChI is InChI=1S/C22H25ClN2O4S/c1-14(24-21(28)22(2,3)4)20(27)29-13-19(26)25-17-7-5-6-8-18(17)30-16-11-9-15(23)10-12-16/h5-12,14H,13H2,1-4H3,(H,24,28)(H,25,26). The number of para-hydroxylation sites is 1. The van der Waals surface area contributed by atoms with E-state index in [1.807, 2.05) is 24.3 Å². The minimum Gasteiger partial charge on any atom is -0.454 e. The summed E-state index contributed by atoms with van der Waals surface area (Å²) in [7, 11) is 0. The number of hydrogen-bond acceptors (Lipinski definition) is 5. The first-order chi connectivity index (χ1) is 14.1. The van der Waals surface area contributed by atoms with Crippen LogP contribution in [0.4, 0.5) is 5.69 Å². The van der Waals surface area contributed by atoms with Gasteiger partial charge in [0.15, 0.2) is 6.61 Å². The third-order valence-electron chi connectivity index (χ3n) is 3.93. The fourth-order valence-corrected chi connectivity index (χ4v) is 3.24. The molecule has 2 amide bonds. The van der Waals surface area contributed by atoms with Crippen LogP contribution in [0.5, 0.6) is 0 Å². The van der Waals surface area contributed by atoms with Crippen molar-refractivity contribution in [2.75, 3.05) is 11.9 Å². The van der Waals surface area contributed by atoms with Crippen molar-refractivity contribution in [2.24, 2.45) is 5.41 Å². The molecule has 2 N–H and O–H groups in total. The van der Waals surface area contributed by atoms with Crippen LogP contribution in [0.1, 0.15) is 27.7 Å². The van der Waals surface area contributed by atoms with E-state index in [0.29, 0.717) is 10.7 Å². The van der Waals surface area contributed by atoms with Crippen LogP contribution in [-0.4, -0.2) is 30.4 Å². The van der Waals surface area contributed by atoms with E-state index in [-0.39, 0.29) is 5.91 Å². The van der Waals surface area contributed by atoms with E-state index in [1.54, 1.807) is 45.0 Å². The van der Waals surface area contributed by atoms with E-state index < -0.39 is 29.9 Å². The summed E-state index contributed by atoms with van der Waals surface area (Å²) in [6.07, 6.45) is 0. The molecule has 0 saturated heterocycles. The molecule has 0 aromatic heterocycles. The maximum absolute atomic E-state index is 12.3. The molecule has 0 saturated carbocycles. The molecular weight excluding hydrogens is 424 g/mol. The number of anilines is 1. The second-order valence-electron chi connectivity index (χ2n) is 7.65. The second kappa shape index (κ2) is 10.5. The van der Waals surface area contributed by atoms with E-state index in [2.05, 4.69) is 10.6 Å². The molecule has 2 aromatic rings. The molecule has 160 valence electrons. The molecule has 0 heterocycles. The lowest BCUT2D eigenvalue weighted by molar-refractivity contribution is -0.150. The first-order valence-electron chi connectivity index (χ1n) is 9.36. The highest BCUT2D eigenvalue weighted by Crippen LogP contribution is 2.33. The van der Waals surface area contributed by atoms with Crippen molar-refractivity contribution in [3.63, 3.8) is 0 Å². The highest BCUT2D eigenvalue weighted by Gasteiger charge is 2.26. The summed E-state index contributed by atoms with van der Waals surface area (Å²) < 4.78 is 5.04. The minimum absolute atomic E-state index is 0.274. The Labute approximate surface area is 185 Å². The molecule has 0 radical (unpaired) electrons. The van der Waals surface area contributed by atoms with Gasteiger partial charge in [-0.15, -0.1) is 0 Å². The van der Waals surface area contributed by atoms with Gasteiger partial charge in [0, 0.05) is 20.2 Å². The summed E-state index contributed by atoms with van der Waals surface area (Å²) in [5.41, 5.74) is -0.0234. The van der Waals surface area contributed by atoms with E-state index in [0.717, 1.165) is 9.79 Å². The molecule has 0 fully saturated rings. The minimum atomic E-state index is -0.850. The van der Waals surface area contributed by atoms with Crippen LogP contribution in [-0.2, 0) is 19.1 Å². The summed E-state index contributed by atoms with van der Waals surface area (Å²) in [6.45, 7) is 6.30. The predicted molar refractivity (Wildman–Crippen MR) is 119 cm³/mol. The highest BCUT2D eigenvalue weighted by atomic mass is 35.5. The maximum Gasteiger partial charge on any atom is 0.328 e. The summed E-state index contributed by atoms with van der Waals surface area (Å²) in [5.74, 6) is -1.42. The average Bonchev–Trinajstić information content (AvgIpc) is 2.68. The van der Waals surface area contributed by atoms with E-state index in [1.165, 1.54) is 18.7 Å². The van der Waals surface area contributed by atoms with Gasteiger partial charge in [0.2, 0.25) is 5.91 Å². The van der Waals surface area contributed by atoms with Crippen molar-refractivity contribution in [1.29, 1.82) is 0 Å². The molecule has 6 nitrogen and oxygen atoms in total. The molecule has 0 aliphatic heterocycles. The number of carbonyl (C=O) groups excluding carboxylic acids is 3.